The van der Waals surface area contributed by atoms with Crippen molar-refractivity contribution >= 4 is 17.5 Å². The fraction of sp³-hybridized carbons (Fsp3) is 0.588. The van der Waals surface area contributed by atoms with E-state index in [1.54, 1.807) is 0 Å². The average Bonchev–Trinajstić information content (AvgIpc) is 2.89. The fourth-order valence-electron chi connectivity index (χ4n) is 3.70. The quantitative estimate of drug-likeness (QED) is 0.930. The zero-order valence-electron chi connectivity index (χ0n) is 12.6. The monoisotopic (exact) mass is 306 g/mol. The van der Waals surface area contributed by atoms with Crippen LogP contribution in [0.4, 0.5) is 0 Å². The number of nitrogens with one attached hydrogen (secondary N) is 1. The number of hydrogen-bond acceptors (Lipinski definition) is 2. The summed E-state index contributed by atoms with van der Waals surface area (Å²) in [7, 11) is 0. The van der Waals surface area contributed by atoms with Crippen LogP contribution in [0, 0.1) is 12.8 Å². The Kier molecular flexibility index (Phi) is 4.51. The van der Waals surface area contributed by atoms with E-state index in [1.165, 1.54) is 30.4 Å². The molecule has 2 fully saturated rings. The molecule has 2 aliphatic heterocycles. The zero-order valence-corrected chi connectivity index (χ0v) is 13.3. The summed E-state index contributed by atoms with van der Waals surface area (Å²) in [4.78, 5) is 14.1. The van der Waals surface area contributed by atoms with Crippen molar-refractivity contribution < 1.29 is 4.79 Å². The van der Waals surface area contributed by atoms with Crippen LogP contribution in [0.15, 0.2) is 18.2 Å². The molecule has 0 aliphatic carbocycles. The number of benzene rings is 1. The molecule has 1 amide bonds. The second kappa shape index (κ2) is 6.37. The van der Waals surface area contributed by atoms with Crippen molar-refractivity contribution in [3.05, 3.63) is 34.3 Å². The van der Waals surface area contributed by atoms with Gasteiger partial charge in [-0.3, -0.25) is 9.69 Å². The van der Waals surface area contributed by atoms with Crippen molar-refractivity contribution in [1.29, 1.82) is 0 Å². The lowest BCUT2D eigenvalue weighted by Gasteiger charge is -2.39. The highest BCUT2D eigenvalue weighted by molar-refractivity contribution is 6.30. The summed E-state index contributed by atoms with van der Waals surface area (Å²) in [6.07, 6.45) is 4.45. The first kappa shape index (κ1) is 14.9. The van der Waals surface area contributed by atoms with Gasteiger partial charge < -0.3 is 5.32 Å². The van der Waals surface area contributed by atoms with E-state index in [2.05, 4.69) is 23.2 Å². The summed E-state index contributed by atoms with van der Waals surface area (Å²) in [5, 5.41) is 3.79. The molecule has 2 aliphatic rings. The van der Waals surface area contributed by atoms with Crippen LogP contribution in [-0.4, -0.2) is 29.9 Å². The normalized spacial score (nSPS) is 26.9. The highest BCUT2D eigenvalue weighted by Gasteiger charge is 2.34. The molecule has 2 saturated heterocycles. The molecule has 3 rings (SSSR count). The van der Waals surface area contributed by atoms with Gasteiger partial charge >= 0.3 is 0 Å². The molecule has 2 heterocycles. The molecule has 0 aromatic heterocycles. The SMILES string of the molecule is Cc1cc(Cl)ccc1CN1CCCCC1C1CNC(=O)C1. The molecule has 1 aromatic carbocycles. The summed E-state index contributed by atoms with van der Waals surface area (Å²) >= 11 is 6.05. The van der Waals surface area contributed by atoms with Crippen LogP contribution < -0.4 is 5.32 Å². The molecule has 2 unspecified atom stereocenters. The molecule has 0 radical (unpaired) electrons. The molecule has 21 heavy (non-hydrogen) atoms. The molecule has 4 heteroatoms. The van der Waals surface area contributed by atoms with E-state index in [4.69, 9.17) is 11.6 Å². The summed E-state index contributed by atoms with van der Waals surface area (Å²) in [5.41, 5.74) is 2.61. The lowest BCUT2D eigenvalue weighted by Crippen LogP contribution is -2.44. The number of carbonyl (C=O) groups is 1. The maximum Gasteiger partial charge on any atom is 0.220 e. The van der Waals surface area contributed by atoms with Crippen molar-refractivity contribution in [2.45, 2.75) is 45.2 Å². The Morgan fingerprint density at radius 1 is 1.38 bits per heavy atom. The van der Waals surface area contributed by atoms with E-state index >= 15 is 0 Å². The van der Waals surface area contributed by atoms with Gasteiger partial charge in [0, 0.05) is 36.5 Å². The second-order valence-corrected chi connectivity index (χ2v) is 6.81. The third-order valence-electron chi connectivity index (χ3n) is 4.90. The third kappa shape index (κ3) is 3.41. The van der Waals surface area contributed by atoms with E-state index in [9.17, 15) is 4.79 Å². The van der Waals surface area contributed by atoms with E-state index in [-0.39, 0.29) is 5.91 Å². The Morgan fingerprint density at radius 2 is 2.24 bits per heavy atom. The minimum atomic E-state index is 0.216. The van der Waals surface area contributed by atoms with Gasteiger partial charge in [0.2, 0.25) is 5.91 Å². The van der Waals surface area contributed by atoms with Crippen LogP contribution in [0.25, 0.3) is 0 Å². The van der Waals surface area contributed by atoms with Crippen LogP contribution in [0.1, 0.15) is 36.8 Å². The molecule has 0 saturated carbocycles. The molecule has 1 aromatic rings. The number of likely N-dealkylation sites (tertiary alicyclic amines) is 1. The predicted octanol–water partition coefficient (Wildman–Crippen LogP) is 3.14. The summed E-state index contributed by atoms with van der Waals surface area (Å²) < 4.78 is 0. The minimum absolute atomic E-state index is 0.216. The molecule has 0 bridgehead atoms. The van der Waals surface area contributed by atoms with Gasteiger partial charge in [-0.15, -0.1) is 0 Å². The number of aryl methyl sites for hydroxylation is 1. The number of rotatable bonds is 3. The van der Waals surface area contributed by atoms with Gasteiger partial charge in [-0.05, 0) is 49.6 Å². The van der Waals surface area contributed by atoms with Gasteiger partial charge in [-0.2, -0.15) is 0 Å². The van der Waals surface area contributed by atoms with Crippen LogP contribution in [0.3, 0.4) is 0 Å². The van der Waals surface area contributed by atoms with Crippen molar-refractivity contribution in [2.24, 2.45) is 5.92 Å². The first-order chi connectivity index (χ1) is 10.1. The molecule has 2 atom stereocenters. The van der Waals surface area contributed by atoms with E-state index < -0.39 is 0 Å². The first-order valence-electron chi connectivity index (χ1n) is 7.89. The molecule has 3 nitrogen and oxygen atoms in total. The van der Waals surface area contributed by atoms with Gasteiger partial charge in [-0.1, -0.05) is 24.1 Å². The number of piperidine rings is 1. The molecule has 1 N–H and O–H groups in total. The zero-order chi connectivity index (χ0) is 14.8. The molecule has 0 spiro atoms. The van der Waals surface area contributed by atoms with Gasteiger partial charge in [0.1, 0.15) is 0 Å². The highest BCUT2D eigenvalue weighted by Crippen LogP contribution is 2.29. The van der Waals surface area contributed by atoms with Crippen LogP contribution >= 0.6 is 11.6 Å². The number of carbonyl (C=O) groups excluding carboxylic acids is 1. The van der Waals surface area contributed by atoms with E-state index in [0.29, 0.717) is 18.4 Å². The topological polar surface area (TPSA) is 32.3 Å². The van der Waals surface area contributed by atoms with Gasteiger partial charge in [0.15, 0.2) is 0 Å². The first-order valence-corrected chi connectivity index (χ1v) is 8.27. The Balaban J connectivity index is 1.73. The second-order valence-electron chi connectivity index (χ2n) is 6.37. The standard InChI is InChI=1S/C17H23ClN2O/c1-12-8-15(18)6-5-13(12)11-20-7-3-2-4-16(20)14-9-17(21)19-10-14/h5-6,8,14,16H,2-4,7,9-11H2,1H3,(H,19,21). The number of amides is 1. The van der Waals surface area contributed by atoms with Gasteiger partial charge in [0.05, 0.1) is 0 Å². The molecule has 114 valence electrons. The lowest BCUT2D eigenvalue weighted by molar-refractivity contribution is -0.119. The summed E-state index contributed by atoms with van der Waals surface area (Å²) in [6.45, 7) is 5.08. The average molecular weight is 307 g/mol. The number of halogens is 1. The number of nitrogens with zero attached hydrogens (tertiary/aromatic N) is 1. The summed E-state index contributed by atoms with van der Waals surface area (Å²) in [5.74, 6) is 0.693. The maximum absolute atomic E-state index is 11.5. The Morgan fingerprint density at radius 3 is 2.95 bits per heavy atom. The molecular formula is C17H23ClN2O. The van der Waals surface area contributed by atoms with Crippen LogP contribution in [-0.2, 0) is 11.3 Å². The Bertz CT molecular complexity index is 532. The summed E-state index contributed by atoms with van der Waals surface area (Å²) in [6, 6.07) is 6.69. The van der Waals surface area contributed by atoms with Gasteiger partial charge in [0.25, 0.3) is 0 Å². The van der Waals surface area contributed by atoms with Crippen LogP contribution in [0.5, 0.6) is 0 Å². The largest absolute Gasteiger partial charge is 0.356 e. The fourth-order valence-corrected chi connectivity index (χ4v) is 3.93. The minimum Gasteiger partial charge on any atom is -0.356 e. The highest BCUT2D eigenvalue weighted by atomic mass is 35.5. The lowest BCUT2D eigenvalue weighted by atomic mass is 9.89. The van der Waals surface area contributed by atoms with Crippen molar-refractivity contribution in [2.75, 3.05) is 13.1 Å². The van der Waals surface area contributed by atoms with E-state index in [1.807, 2.05) is 12.1 Å². The number of hydrogen-bond donors (Lipinski definition) is 1. The van der Waals surface area contributed by atoms with Crippen molar-refractivity contribution in [3.63, 3.8) is 0 Å². The van der Waals surface area contributed by atoms with Crippen LogP contribution in [0.2, 0.25) is 5.02 Å². The Labute approximate surface area is 131 Å². The maximum atomic E-state index is 11.5. The van der Waals surface area contributed by atoms with Crippen molar-refractivity contribution in [1.82, 2.24) is 10.2 Å². The Hall–Kier alpha value is -1.06. The van der Waals surface area contributed by atoms with E-state index in [0.717, 1.165) is 24.7 Å². The van der Waals surface area contributed by atoms with Crippen molar-refractivity contribution in [3.8, 4) is 0 Å². The third-order valence-corrected chi connectivity index (χ3v) is 5.13. The smallest absolute Gasteiger partial charge is 0.220 e. The predicted molar refractivity (Wildman–Crippen MR) is 85.4 cm³/mol. The molecular weight excluding hydrogens is 284 g/mol. The van der Waals surface area contributed by atoms with Gasteiger partial charge in [-0.25, -0.2) is 0 Å².